The van der Waals surface area contributed by atoms with Crippen molar-refractivity contribution in [2.45, 2.75) is 12.5 Å². The Morgan fingerprint density at radius 3 is 2.71 bits per heavy atom. The van der Waals surface area contributed by atoms with Crippen LogP contribution in [0.1, 0.15) is 22.8 Å². The maximum Gasteiger partial charge on any atom is 0.335 e. The first-order chi connectivity index (χ1) is 10.3. The smallest absolute Gasteiger partial charge is 0.335 e. The summed E-state index contributed by atoms with van der Waals surface area (Å²) in [6.45, 7) is 1.45. The van der Waals surface area contributed by atoms with Crippen molar-refractivity contribution in [3.05, 3.63) is 48.0 Å². The van der Waals surface area contributed by atoms with Crippen LogP contribution in [0.5, 0.6) is 0 Å². The molecule has 106 valence electrons. The van der Waals surface area contributed by atoms with Gasteiger partial charge < -0.3 is 14.4 Å². The summed E-state index contributed by atoms with van der Waals surface area (Å²) in [6.07, 6.45) is 0.963. The Kier molecular flexibility index (Phi) is 2.72. The Balaban J connectivity index is 2.09. The van der Waals surface area contributed by atoms with Crippen LogP contribution < -0.4 is 0 Å². The van der Waals surface area contributed by atoms with Crippen LogP contribution in [0.4, 0.5) is 0 Å². The number of benzene rings is 2. The van der Waals surface area contributed by atoms with E-state index in [4.69, 9.17) is 4.74 Å². The van der Waals surface area contributed by atoms with E-state index >= 15 is 0 Å². The van der Waals surface area contributed by atoms with Gasteiger partial charge in [-0.3, -0.25) is 0 Å². The molecule has 1 aliphatic rings. The van der Waals surface area contributed by atoms with Crippen molar-refractivity contribution in [2.24, 2.45) is 0 Å². The average molecular weight is 281 g/mol. The quantitative estimate of drug-likeness (QED) is 0.782. The first kappa shape index (κ1) is 12.4. The first-order valence-electron chi connectivity index (χ1n) is 7.09. The molecule has 1 aliphatic heterocycles. The van der Waals surface area contributed by atoms with Crippen molar-refractivity contribution in [3.8, 4) is 0 Å². The maximum atomic E-state index is 11.3. The van der Waals surface area contributed by atoms with E-state index in [9.17, 15) is 9.90 Å². The van der Waals surface area contributed by atoms with E-state index in [0.29, 0.717) is 12.2 Å². The minimum absolute atomic E-state index is 0.274. The lowest BCUT2D eigenvalue weighted by atomic mass is 10.1. The number of nitrogens with zero attached hydrogens (tertiary/aromatic N) is 1. The van der Waals surface area contributed by atoms with Crippen molar-refractivity contribution in [3.63, 3.8) is 0 Å². The summed E-state index contributed by atoms with van der Waals surface area (Å²) in [6, 6.07) is 13.8. The molecule has 2 aromatic carbocycles. The summed E-state index contributed by atoms with van der Waals surface area (Å²) in [5.74, 6) is -0.892. The number of rotatable bonds is 2. The van der Waals surface area contributed by atoms with Gasteiger partial charge in [0.2, 0.25) is 0 Å². The molecule has 0 aliphatic carbocycles. The number of carbonyl (C=O) groups is 1. The van der Waals surface area contributed by atoms with Gasteiger partial charge in [-0.05, 0) is 24.6 Å². The second-order valence-corrected chi connectivity index (χ2v) is 5.44. The van der Waals surface area contributed by atoms with Crippen LogP contribution in [-0.4, -0.2) is 28.9 Å². The maximum absolute atomic E-state index is 11.3. The number of carboxylic acid groups (broad SMARTS) is 1. The summed E-state index contributed by atoms with van der Waals surface area (Å²) >= 11 is 0. The lowest BCUT2D eigenvalue weighted by Crippen LogP contribution is -2.08. The second kappa shape index (κ2) is 4.60. The topological polar surface area (TPSA) is 51.5 Å². The second-order valence-electron chi connectivity index (χ2n) is 5.44. The molecule has 4 rings (SSSR count). The number of hydrogen-bond acceptors (Lipinski definition) is 2. The molecule has 0 amide bonds. The number of aromatic carboxylic acids is 1. The molecule has 0 unspecified atom stereocenters. The molecule has 3 aromatic rings. The Morgan fingerprint density at radius 1 is 1.14 bits per heavy atom. The SMILES string of the molecule is O=C(O)c1ccc2c3ccccc3n([C@@H]3CCOC3)c2c1. The highest BCUT2D eigenvalue weighted by molar-refractivity contribution is 6.09. The lowest BCUT2D eigenvalue weighted by Gasteiger charge is -2.14. The zero-order chi connectivity index (χ0) is 14.4. The molecule has 1 atom stereocenters. The van der Waals surface area contributed by atoms with Gasteiger partial charge in [-0.25, -0.2) is 4.79 Å². The number of fused-ring (bicyclic) bond motifs is 3. The van der Waals surface area contributed by atoms with Gasteiger partial charge in [0.15, 0.2) is 0 Å². The Hall–Kier alpha value is -2.33. The van der Waals surface area contributed by atoms with E-state index in [1.54, 1.807) is 12.1 Å². The van der Waals surface area contributed by atoms with Gasteiger partial charge in [0.05, 0.1) is 23.7 Å². The van der Waals surface area contributed by atoms with E-state index in [1.807, 2.05) is 18.2 Å². The fraction of sp³-hybridized carbons (Fsp3) is 0.235. The summed E-state index contributed by atoms with van der Waals surface area (Å²) in [4.78, 5) is 11.3. The lowest BCUT2D eigenvalue weighted by molar-refractivity contribution is 0.0697. The van der Waals surface area contributed by atoms with E-state index < -0.39 is 5.97 Å². The van der Waals surface area contributed by atoms with Gasteiger partial charge in [0.1, 0.15) is 0 Å². The largest absolute Gasteiger partial charge is 0.478 e. The molecule has 0 bridgehead atoms. The summed E-state index contributed by atoms with van der Waals surface area (Å²) in [7, 11) is 0. The number of carboxylic acids is 1. The third-order valence-corrected chi connectivity index (χ3v) is 4.23. The monoisotopic (exact) mass is 281 g/mol. The number of aromatic nitrogens is 1. The fourth-order valence-electron chi connectivity index (χ4n) is 3.25. The molecule has 1 saturated heterocycles. The molecule has 21 heavy (non-hydrogen) atoms. The molecular formula is C17H15NO3. The summed E-state index contributed by atoms with van der Waals surface area (Å²) in [5, 5.41) is 11.5. The fourth-order valence-corrected chi connectivity index (χ4v) is 3.25. The third-order valence-electron chi connectivity index (χ3n) is 4.23. The third kappa shape index (κ3) is 1.83. The predicted molar refractivity (Wildman–Crippen MR) is 80.9 cm³/mol. The van der Waals surface area contributed by atoms with Crippen molar-refractivity contribution < 1.29 is 14.6 Å². The molecule has 1 aromatic heterocycles. The van der Waals surface area contributed by atoms with Crippen LogP contribution in [-0.2, 0) is 4.74 Å². The normalized spacial score (nSPS) is 18.6. The zero-order valence-electron chi connectivity index (χ0n) is 11.5. The molecular weight excluding hydrogens is 266 g/mol. The van der Waals surface area contributed by atoms with Crippen molar-refractivity contribution >= 4 is 27.8 Å². The number of ether oxygens (including phenoxy) is 1. The molecule has 1 N–H and O–H groups in total. The highest BCUT2D eigenvalue weighted by atomic mass is 16.5. The zero-order valence-corrected chi connectivity index (χ0v) is 11.5. The minimum atomic E-state index is -0.892. The Morgan fingerprint density at radius 2 is 1.95 bits per heavy atom. The van der Waals surface area contributed by atoms with Crippen LogP contribution in [0.2, 0.25) is 0 Å². The van der Waals surface area contributed by atoms with E-state index in [2.05, 4.69) is 16.7 Å². The Bertz CT molecular complexity index is 844. The number of hydrogen-bond donors (Lipinski definition) is 1. The van der Waals surface area contributed by atoms with Gasteiger partial charge in [0, 0.05) is 22.9 Å². The van der Waals surface area contributed by atoms with Gasteiger partial charge in [-0.2, -0.15) is 0 Å². The first-order valence-corrected chi connectivity index (χ1v) is 7.09. The molecule has 2 heterocycles. The molecule has 1 fully saturated rings. The molecule has 0 radical (unpaired) electrons. The molecule has 4 heteroatoms. The minimum Gasteiger partial charge on any atom is -0.478 e. The number of para-hydroxylation sites is 1. The van der Waals surface area contributed by atoms with Gasteiger partial charge in [0.25, 0.3) is 0 Å². The summed E-state index contributed by atoms with van der Waals surface area (Å²) in [5.41, 5.74) is 2.45. The van der Waals surface area contributed by atoms with E-state index in [0.717, 1.165) is 34.8 Å². The van der Waals surface area contributed by atoms with Crippen molar-refractivity contribution in [1.29, 1.82) is 0 Å². The Labute approximate surface area is 121 Å². The predicted octanol–water partition coefficient (Wildman–Crippen LogP) is 3.45. The highest BCUT2D eigenvalue weighted by Gasteiger charge is 2.22. The van der Waals surface area contributed by atoms with Gasteiger partial charge in [-0.15, -0.1) is 0 Å². The summed E-state index contributed by atoms with van der Waals surface area (Å²) < 4.78 is 7.76. The molecule has 0 saturated carbocycles. The molecule has 4 nitrogen and oxygen atoms in total. The highest BCUT2D eigenvalue weighted by Crippen LogP contribution is 2.34. The van der Waals surface area contributed by atoms with Crippen molar-refractivity contribution in [2.75, 3.05) is 13.2 Å². The van der Waals surface area contributed by atoms with Gasteiger partial charge in [-0.1, -0.05) is 24.3 Å². The van der Waals surface area contributed by atoms with Crippen LogP contribution >= 0.6 is 0 Å². The standard InChI is InChI=1S/C17H15NO3/c19-17(20)11-5-6-14-13-3-1-2-4-15(13)18(16(14)9-11)12-7-8-21-10-12/h1-6,9,12H,7-8,10H2,(H,19,20)/t12-/m1/s1. The van der Waals surface area contributed by atoms with Gasteiger partial charge >= 0.3 is 5.97 Å². The van der Waals surface area contributed by atoms with Crippen LogP contribution in [0.3, 0.4) is 0 Å². The van der Waals surface area contributed by atoms with Crippen LogP contribution in [0.15, 0.2) is 42.5 Å². The van der Waals surface area contributed by atoms with Crippen LogP contribution in [0, 0.1) is 0 Å². The van der Waals surface area contributed by atoms with Crippen LogP contribution in [0.25, 0.3) is 21.8 Å². The van der Waals surface area contributed by atoms with E-state index in [-0.39, 0.29) is 6.04 Å². The van der Waals surface area contributed by atoms with E-state index in [1.165, 1.54) is 0 Å². The average Bonchev–Trinajstić information content (AvgIpc) is 3.11. The molecule has 0 spiro atoms. The van der Waals surface area contributed by atoms with Crippen molar-refractivity contribution in [1.82, 2.24) is 4.57 Å².